The molecule has 0 spiro atoms. The van der Waals surface area contributed by atoms with Crippen LogP contribution in [0.25, 0.3) is 0 Å². The summed E-state index contributed by atoms with van der Waals surface area (Å²) in [5.41, 5.74) is 0. The van der Waals surface area contributed by atoms with Crippen molar-refractivity contribution in [3.05, 3.63) is 24.3 Å². The fourth-order valence-electron chi connectivity index (χ4n) is 3.88. The van der Waals surface area contributed by atoms with E-state index in [2.05, 4.69) is 23.6 Å². The summed E-state index contributed by atoms with van der Waals surface area (Å²) in [6, 6.07) is 0. The van der Waals surface area contributed by atoms with Crippen LogP contribution in [0.15, 0.2) is 24.3 Å². The van der Waals surface area contributed by atoms with Crippen LogP contribution in [-0.2, 0) is 32.9 Å². The van der Waals surface area contributed by atoms with Crippen LogP contribution in [0.1, 0.15) is 116 Å². The molecule has 0 saturated carbocycles. The lowest BCUT2D eigenvalue weighted by atomic mass is 10.1. The topological polar surface area (TPSA) is 177 Å². The van der Waals surface area contributed by atoms with Gasteiger partial charge in [0.1, 0.15) is 6.61 Å². The first-order chi connectivity index (χ1) is 19.5. The molecular formula is C29H51O11P. The number of unbranched alkanes of at least 4 members (excludes halogenated alkanes) is 11. The molecule has 0 aromatic carbocycles. The van der Waals surface area contributed by atoms with Gasteiger partial charge in [-0.15, -0.1) is 0 Å². The quantitative estimate of drug-likeness (QED) is 0.0294. The average Bonchev–Trinajstić information content (AvgIpc) is 2.90. The smallest absolute Gasteiger partial charge is 0.469 e. The largest absolute Gasteiger partial charge is 0.478 e. The Hall–Kier alpha value is -2.04. The number of phosphoric acid groups is 1. The summed E-state index contributed by atoms with van der Waals surface area (Å²) in [6.45, 7) is 1.14. The number of aliphatic hydroxyl groups is 1. The van der Waals surface area contributed by atoms with Crippen molar-refractivity contribution in [2.75, 3.05) is 13.2 Å². The van der Waals surface area contributed by atoms with E-state index in [1.807, 2.05) is 0 Å². The number of rotatable bonds is 27. The van der Waals surface area contributed by atoms with Crippen LogP contribution >= 0.6 is 7.82 Å². The van der Waals surface area contributed by atoms with Gasteiger partial charge in [0.2, 0.25) is 0 Å². The van der Waals surface area contributed by atoms with Crippen LogP contribution in [0.3, 0.4) is 0 Å². The lowest BCUT2D eigenvalue weighted by Crippen LogP contribution is -2.29. The first-order valence-electron chi connectivity index (χ1n) is 14.8. The van der Waals surface area contributed by atoms with E-state index in [9.17, 15) is 24.1 Å². The highest BCUT2D eigenvalue weighted by Gasteiger charge is 2.23. The molecule has 0 heterocycles. The first-order valence-corrected chi connectivity index (χ1v) is 16.4. The summed E-state index contributed by atoms with van der Waals surface area (Å²) >= 11 is 0. The first kappa shape index (κ1) is 39.0. The maximum Gasteiger partial charge on any atom is 0.469 e. The van der Waals surface area contributed by atoms with E-state index in [1.54, 1.807) is 0 Å². The van der Waals surface area contributed by atoms with Crippen LogP contribution in [0.2, 0.25) is 0 Å². The average molecular weight is 607 g/mol. The molecule has 0 aliphatic rings. The Morgan fingerprint density at radius 2 is 1.34 bits per heavy atom. The van der Waals surface area contributed by atoms with E-state index in [0.29, 0.717) is 6.42 Å². The van der Waals surface area contributed by atoms with E-state index in [4.69, 9.17) is 24.4 Å². The van der Waals surface area contributed by atoms with Crippen LogP contribution in [0.5, 0.6) is 0 Å². The summed E-state index contributed by atoms with van der Waals surface area (Å²) in [6.07, 6.45) is 19.3. The van der Waals surface area contributed by atoms with Gasteiger partial charge in [0.05, 0.1) is 12.7 Å². The molecule has 11 nitrogen and oxygen atoms in total. The molecule has 0 radical (unpaired) electrons. The van der Waals surface area contributed by atoms with Crippen molar-refractivity contribution in [1.82, 2.24) is 0 Å². The molecule has 4 N–H and O–H groups in total. The minimum absolute atomic E-state index is 0.105. The predicted octanol–water partition coefficient (Wildman–Crippen LogP) is 5.76. The van der Waals surface area contributed by atoms with Crippen molar-refractivity contribution >= 4 is 25.7 Å². The summed E-state index contributed by atoms with van der Waals surface area (Å²) in [4.78, 5) is 52.5. The zero-order valence-electron chi connectivity index (χ0n) is 24.5. The van der Waals surface area contributed by atoms with Crippen molar-refractivity contribution in [3.8, 4) is 0 Å². The third-order valence-corrected chi connectivity index (χ3v) is 6.63. The predicted molar refractivity (Wildman–Crippen MR) is 155 cm³/mol. The summed E-state index contributed by atoms with van der Waals surface area (Å²) in [5.74, 6) is -2.46. The Morgan fingerprint density at radius 1 is 0.780 bits per heavy atom. The Morgan fingerprint density at radius 3 is 1.93 bits per heavy atom. The fourth-order valence-corrected chi connectivity index (χ4v) is 4.24. The van der Waals surface area contributed by atoms with Gasteiger partial charge in [0, 0.05) is 18.9 Å². The number of esters is 2. The number of hydrogen-bond donors (Lipinski definition) is 4. The maximum atomic E-state index is 12.1. The molecule has 1 unspecified atom stereocenters. The zero-order chi connectivity index (χ0) is 30.8. The second kappa shape index (κ2) is 25.7. The van der Waals surface area contributed by atoms with Crippen molar-refractivity contribution in [2.24, 2.45) is 0 Å². The molecule has 2 atom stereocenters. The fraction of sp³-hybridized carbons (Fsp3) is 0.759. The number of phosphoric ester groups is 1. The molecule has 0 aliphatic carbocycles. The third kappa shape index (κ3) is 29.3. The molecule has 0 saturated heterocycles. The van der Waals surface area contributed by atoms with Crippen LogP contribution in [0, 0.1) is 0 Å². The highest BCUT2D eigenvalue weighted by atomic mass is 31.2. The minimum atomic E-state index is -4.83. The molecule has 0 aliphatic heterocycles. The van der Waals surface area contributed by atoms with Gasteiger partial charge in [-0.3, -0.25) is 14.1 Å². The van der Waals surface area contributed by atoms with Gasteiger partial charge in [-0.1, -0.05) is 70.4 Å². The molecule has 0 fully saturated rings. The second-order valence-corrected chi connectivity index (χ2v) is 11.3. The van der Waals surface area contributed by atoms with Crippen LogP contribution < -0.4 is 0 Å². The molecule has 0 rings (SSSR count). The van der Waals surface area contributed by atoms with Gasteiger partial charge < -0.3 is 29.5 Å². The van der Waals surface area contributed by atoms with E-state index in [0.717, 1.165) is 50.7 Å². The normalized spacial score (nSPS) is 13.5. The van der Waals surface area contributed by atoms with Gasteiger partial charge in [-0.2, -0.15) is 0 Å². The number of carboxylic acids is 1. The van der Waals surface area contributed by atoms with Gasteiger partial charge in [-0.25, -0.2) is 9.36 Å². The SMILES string of the molecule is CCCCCCCC/C=C\CCCCCCCC(=O)OC[C@H](COP(=O)(O)O)OC(=O)CCCC(O)/C=C/C(=O)O. The number of allylic oxidation sites excluding steroid dienone is 2. The van der Waals surface area contributed by atoms with E-state index in [-0.39, 0.29) is 25.7 Å². The highest BCUT2D eigenvalue weighted by Crippen LogP contribution is 2.35. The van der Waals surface area contributed by atoms with Crippen molar-refractivity contribution in [2.45, 2.75) is 128 Å². The van der Waals surface area contributed by atoms with Gasteiger partial charge in [0.25, 0.3) is 0 Å². The van der Waals surface area contributed by atoms with E-state index < -0.39 is 51.2 Å². The monoisotopic (exact) mass is 606 g/mol. The highest BCUT2D eigenvalue weighted by molar-refractivity contribution is 7.46. The molecular weight excluding hydrogens is 555 g/mol. The molecule has 0 bridgehead atoms. The Bertz CT molecular complexity index is 807. The molecule has 0 aromatic rings. The minimum Gasteiger partial charge on any atom is -0.478 e. The number of carbonyl (C=O) groups excluding carboxylic acids is 2. The lowest BCUT2D eigenvalue weighted by Gasteiger charge is -2.18. The summed E-state index contributed by atoms with van der Waals surface area (Å²) in [5, 5.41) is 18.2. The zero-order valence-corrected chi connectivity index (χ0v) is 25.4. The lowest BCUT2D eigenvalue weighted by molar-refractivity contribution is -0.161. The van der Waals surface area contributed by atoms with Crippen LogP contribution in [-0.4, -0.2) is 63.3 Å². The van der Waals surface area contributed by atoms with Crippen molar-refractivity contribution in [1.29, 1.82) is 0 Å². The molecule has 0 aromatic heterocycles. The van der Waals surface area contributed by atoms with Crippen molar-refractivity contribution < 1.29 is 52.9 Å². The van der Waals surface area contributed by atoms with Gasteiger partial charge in [-0.05, 0) is 51.0 Å². The Labute approximate surface area is 244 Å². The number of ether oxygens (including phenoxy) is 2. The number of carbonyl (C=O) groups is 3. The Balaban J connectivity index is 4.10. The van der Waals surface area contributed by atoms with Gasteiger partial charge >= 0.3 is 25.7 Å². The number of aliphatic carboxylic acids is 1. The number of hydrogen-bond acceptors (Lipinski definition) is 8. The standard InChI is InChI=1S/C29H51O11P/c1-2-3-4-5-6-7-8-9-10-11-12-13-14-15-16-19-28(33)38-23-26(24-39-41(35,36)37)40-29(34)20-17-18-25(30)21-22-27(31)32/h9-10,21-22,25-26,30H,2-8,11-20,23-24H2,1H3,(H,31,32)(H2,35,36,37)/b10-9-,22-21+/t25?,26-/m1/s1. The van der Waals surface area contributed by atoms with Crippen molar-refractivity contribution in [3.63, 3.8) is 0 Å². The summed E-state index contributed by atoms with van der Waals surface area (Å²) in [7, 11) is -4.83. The molecule has 41 heavy (non-hydrogen) atoms. The van der Waals surface area contributed by atoms with E-state index in [1.165, 1.54) is 38.5 Å². The third-order valence-electron chi connectivity index (χ3n) is 6.14. The second-order valence-electron chi connectivity index (χ2n) is 10.1. The Kier molecular flexibility index (Phi) is 24.4. The van der Waals surface area contributed by atoms with E-state index >= 15 is 0 Å². The maximum absolute atomic E-state index is 12.1. The van der Waals surface area contributed by atoms with Gasteiger partial charge in [0.15, 0.2) is 6.10 Å². The summed E-state index contributed by atoms with van der Waals surface area (Å²) < 4.78 is 25.7. The number of carboxylic acid groups (broad SMARTS) is 1. The number of aliphatic hydroxyl groups excluding tert-OH is 1. The molecule has 12 heteroatoms. The van der Waals surface area contributed by atoms with Crippen LogP contribution in [0.4, 0.5) is 0 Å². The molecule has 238 valence electrons. The molecule has 0 amide bonds.